The highest BCUT2D eigenvalue weighted by Gasteiger charge is 2.21. The Morgan fingerprint density at radius 2 is 2.11 bits per heavy atom. The fourth-order valence-corrected chi connectivity index (χ4v) is 2.53. The van der Waals surface area contributed by atoms with Crippen LogP contribution >= 0.6 is 0 Å². The number of nitrogens with one attached hydrogen (secondary N) is 1. The molecule has 0 radical (unpaired) electrons. The van der Waals surface area contributed by atoms with E-state index in [2.05, 4.69) is 17.1 Å². The van der Waals surface area contributed by atoms with Gasteiger partial charge in [0.05, 0.1) is 12.8 Å². The largest absolute Gasteiger partial charge is 0.497 e. The number of hydrogen-bond donors (Lipinski definition) is 1. The predicted molar refractivity (Wildman–Crippen MR) is 76.5 cm³/mol. The van der Waals surface area contributed by atoms with E-state index in [1.54, 1.807) is 19.2 Å². The van der Waals surface area contributed by atoms with Crippen LogP contribution in [0.1, 0.15) is 26.2 Å². The number of anilines is 1. The Balaban J connectivity index is 1.97. The van der Waals surface area contributed by atoms with Crippen molar-refractivity contribution < 1.29 is 9.13 Å². The molecule has 4 heteroatoms. The van der Waals surface area contributed by atoms with E-state index < -0.39 is 0 Å². The molecule has 19 heavy (non-hydrogen) atoms. The van der Waals surface area contributed by atoms with Crippen molar-refractivity contribution in [3.63, 3.8) is 0 Å². The maximum Gasteiger partial charge on any atom is 0.146 e. The zero-order chi connectivity index (χ0) is 13.7. The molecule has 1 N–H and O–H groups in total. The Hall–Kier alpha value is -1.29. The van der Waals surface area contributed by atoms with E-state index in [9.17, 15) is 4.39 Å². The number of ether oxygens (including phenoxy) is 1. The maximum absolute atomic E-state index is 13.9. The summed E-state index contributed by atoms with van der Waals surface area (Å²) in [5.74, 6) is 0.545. The normalized spacial score (nSPS) is 16.7. The molecule has 0 bridgehead atoms. The minimum absolute atomic E-state index is 0.166. The summed E-state index contributed by atoms with van der Waals surface area (Å²) in [6.45, 7) is 5.03. The summed E-state index contributed by atoms with van der Waals surface area (Å²) in [5, 5.41) is 3.54. The average molecular weight is 266 g/mol. The molecule has 1 saturated heterocycles. The summed E-state index contributed by atoms with van der Waals surface area (Å²) < 4.78 is 19.0. The molecule has 3 nitrogen and oxygen atoms in total. The molecule has 1 heterocycles. The molecular formula is C15H23FN2O. The Morgan fingerprint density at radius 3 is 2.74 bits per heavy atom. The molecule has 1 aliphatic heterocycles. The molecule has 1 fully saturated rings. The lowest BCUT2D eigenvalue weighted by atomic mass is 10.0. The number of nitrogens with zero attached hydrogens (tertiary/aromatic N) is 1. The van der Waals surface area contributed by atoms with Gasteiger partial charge in [0.25, 0.3) is 0 Å². The molecule has 106 valence electrons. The molecule has 0 aliphatic carbocycles. The minimum atomic E-state index is -0.166. The zero-order valence-corrected chi connectivity index (χ0v) is 11.8. The molecular weight excluding hydrogens is 243 g/mol. The molecule has 0 saturated carbocycles. The number of rotatable bonds is 5. The third kappa shape index (κ3) is 3.60. The summed E-state index contributed by atoms with van der Waals surface area (Å²) >= 11 is 0. The molecule has 0 aromatic heterocycles. The van der Waals surface area contributed by atoms with E-state index in [1.165, 1.54) is 6.07 Å². The van der Waals surface area contributed by atoms with E-state index >= 15 is 0 Å². The number of methoxy groups -OCH3 is 1. The van der Waals surface area contributed by atoms with Gasteiger partial charge in [0.1, 0.15) is 11.6 Å². The Bertz CT molecular complexity index is 403. The summed E-state index contributed by atoms with van der Waals surface area (Å²) in [7, 11) is 1.61. The molecule has 0 amide bonds. The van der Waals surface area contributed by atoms with Crippen molar-refractivity contribution in [2.45, 2.75) is 32.2 Å². The second-order valence-corrected chi connectivity index (χ2v) is 5.03. The molecule has 0 spiro atoms. The van der Waals surface area contributed by atoms with E-state index in [0.717, 1.165) is 38.9 Å². The van der Waals surface area contributed by atoms with E-state index in [0.29, 0.717) is 17.5 Å². The Kier molecular flexibility index (Phi) is 5.02. The van der Waals surface area contributed by atoms with Crippen molar-refractivity contribution >= 4 is 5.69 Å². The third-order valence-electron chi connectivity index (χ3n) is 3.67. The van der Waals surface area contributed by atoms with Crippen LogP contribution in [0.4, 0.5) is 10.1 Å². The minimum Gasteiger partial charge on any atom is -0.497 e. The quantitative estimate of drug-likeness (QED) is 0.887. The topological polar surface area (TPSA) is 24.5 Å². The van der Waals surface area contributed by atoms with Gasteiger partial charge in [-0.2, -0.15) is 0 Å². The van der Waals surface area contributed by atoms with Gasteiger partial charge in [-0.15, -0.1) is 0 Å². The number of hydrogen-bond acceptors (Lipinski definition) is 3. The summed E-state index contributed by atoms with van der Waals surface area (Å²) in [6.07, 6.45) is 3.29. The highest BCUT2D eigenvalue weighted by atomic mass is 19.1. The van der Waals surface area contributed by atoms with Gasteiger partial charge >= 0.3 is 0 Å². The van der Waals surface area contributed by atoms with E-state index in [4.69, 9.17) is 4.74 Å². The first-order valence-corrected chi connectivity index (χ1v) is 7.06. The smallest absolute Gasteiger partial charge is 0.146 e. The van der Waals surface area contributed by atoms with Gasteiger partial charge in [-0.1, -0.05) is 6.92 Å². The fraction of sp³-hybridized carbons (Fsp3) is 0.600. The van der Waals surface area contributed by atoms with Crippen LogP contribution in [0.3, 0.4) is 0 Å². The van der Waals surface area contributed by atoms with Crippen LogP contribution in [-0.2, 0) is 0 Å². The lowest BCUT2D eigenvalue weighted by Crippen LogP contribution is -2.43. The van der Waals surface area contributed by atoms with E-state index in [1.807, 2.05) is 0 Å². The van der Waals surface area contributed by atoms with Gasteiger partial charge in [-0.25, -0.2) is 4.39 Å². The first kappa shape index (κ1) is 14.1. The fourth-order valence-electron chi connectivity index (χ4n) is 2.53. The highest BCUT2D eigenvalue weighted by Crippen LogP contribution is 2.27. The summed E-state index contributed by atoms with van der Waals surface area (Å²) in [5.41, 5.74) is 0.660. The van der Waals surface area contributed by atoms with Gasteiger partial charge in [-0.3, -0.25) is 0 Å². The van der Waals surface area contributed by atoms with Gasteiger partial charge in [0.15, 0.2) is 0 Å². The number of benzene rings is 1. The molecule has 0 atom stereocenters. The van der Waals surface area contributed by atoms with Crippen LogP contribution in [-0.4, -0.2) is 32.8 Å². The van der Waals surface area contributed by atoms with Gasteiger partial charge < -0.3 is 15.0 Å². The maximum atomic E-state index is 13.9. The molecule has 1 aliphatic rings. The predicted octanol–water partition coefficient (Wildman–Crippen LogP) is 2.80. The van der Waals surface area contributed by atoms with Crippen molar-refractivity contribution in [3.05, 3.63) is 24.0 Å². The lowest BCUT2D eigenvalue weighted by Gasteiger charge is -2.34. The Morgan fingerprint density at radius 1 is 1.37 bits per heavy atom. The van der Waals surface area contributed by atoms with Crippen molar-refractivity contribution in [2.75, 3.05) is 31.6 Å². The van der Waals surface area contributed by atoms with Crippen LogP contribution < -0.4 is 15.0 Å². The molecule has 2 rings (SSSR count). The number of halogens is 1. The molecule has 0 unspecified atom stereocenters. The zero-order valence-electron chi connectivity index (χ0n) is 11.8. The highest BCUT2D eigenvalue weighted by molar-refractivity contribution is 5.52. The van der Waals surface area contributed by atoms with Crippen LogP contribution in [0, 0.1) is 5.82 Å². The van der Waals surface area contributed by atoms with Crippen molar-refractivity contribution in [1.82, 2.24) is 5.32 Å². The van der Waals surface area contributed by atoms with Gasteiger partial charge in [0.2, 0.25) is 0 Å². The first-order chi connectivity index (χ1) is 9.24. The second kappa shape index (κ2) is 6.75. The lowest BCUT2D eigenvalue weighted by molar-refractivity contribution is 0.406. The van der Waals surface area contributed by atoms with Gasteiger partial charge in [0, 0.05) is 25.2 Å². The van der Waals surface area contributed by atoms with Crippen molar-refractivity contribution in [1.29, 1.82) is 0 Å². The van der Waals surface area contributed by atoms with E-state index in [-0.39, 0.29) is 5.82 Å². The van der Waals surface area contributed by atoms with Crippen LogP contribution in [0.25, 0.3) is 0 Å². The monoisotopic (exact) mass is 266 g/mol. The molecule has 1 aromatic rings. The van der Waals surface area contributed by atoms with Crippen molar-refractivity contribution in [3.8, 4) is 5.75 Å². The summed E-state index contributed by atoms with van der Waals surface area (Å²) in [6, 6.07) is 5.50. The third-order valence-corrected chi connectivity index (χ3v) is 3.67. The van der Waals surface area contributed by atoms with Crippen molar-refractivity contribution in [2.24, 2.45) is 0 Å². The second-order valence-electron chi connectivity index (χ2n) is 5.03. The van der Waals surface area contributed by atoms with Crippen LogP contribution in [0.5, 0.6) is 5.75 Å². The number of piperidine rings is 1. The molecule has 1 aromatic carbocycles. The SMILES string of the molecule is CCCNC1CCN(c2cc(OC)ccc2F)CC1. The van der Waals surface area contributed by atoms with Crippen LogP contribution in [0.15, 0.2) is 18.2 Å². The average Bonchev–Trinajstić information content (AvgIpc) is 2.46. The standard InChI is InChI=1S/C15H23FN2O/c1-3-8-17-12-6-9-18(10-7-12)15-11-13(19-2)4-5-14(15)16/h4-5,11-12,17H,3,6-10H2,1-2H3. The van der Waals surface area contributed by atoms with Gasteiger partial charge in [-0.05, 0) is 37.9 Å². The first-order valence-electron chi connectivity index (χ1n) is 7.06. The Labute approximate surface area is 114 Å². The summed E-state index contributed by atoms with van der Waals surface area (Å²) in [4.78, 5) is 2.11. The van der Waals surface area contributed by atoms with Crippen LogP contribution in [0.2, 0.25) is 0 Å².